The molecule has 1 aromatic heterocycles. The number of carbonyl (C=O) groups is 1. The molecule has 0 radical (unpaired) electrons. The number of carbonyl (C=O) groups excluding carboxylic acids is 1. The van der Waals surface area contributed by atoms with Gasteiger partial charge in [-0.2, -0.15) is 0 Å². The standard InChI is InChI=1S/C21H20N4O2/c1-13-7-8-16-17(18(13)24-11-9-23(2)10-12-24)19(26)20-22-15-6-4-3-5-14(15)21(27)25(16)20/h3-8H,9-12H2,1-2H3. The molecule has 2 aliphatic rings. The minimum atomic E-state index is -0.184. The van der Waals surface area contributed by atoms with Gasteiger partial charge in [-0.05, 0) is 37.7 Å². The lowest BCUT2D eigenvalue weighted by molar-refractivity contribution is 0.103. The highest BCUT2D eigenvalue weighted by Crippen LogP contribution is 2.36. The van der Waals surface area contributed by atoms with E-state index in [1.807, 2.05) is 31.2 Å². The van der Waals surface area contributed by atoms with Gasteiger partial charge in [0, 0.05) is 26.2 Å². The number of aromatic nitrogens is 2. The molecule has 0 atom stereocenters. The van der Waals surface area contributed by atoms with Crippen LogP contribution in [0.4, 0.5) is 5.69 Å². The zero-order valence-corrected chi connectivity index (χ0v) is 15.4. The first-order valence-corrected chi connectivity index (χ1v) is 9.20. The number of nitrogens with zero attached hydrogens (tertiary/aromatic N) is 4. The summed E-state index contributed by atoms with van der Waals surface area (Å²) in [6.45, 7) is 5.65. The Labute approximate surface area is 156 Å². The Morgan fingerprint density at radius 2 is 1.70 bits per heavy atom. The molecule has 0 saturated carbocycles. The number of anilines is 1. The predicted octanol–water partition coefficient (Wildman–Crippen LogP) is 1.99. The number of para-hydroxylation sites is 1. The van der Waals surface area contributed by atoms with E-state index in [2.05, 4.69) is 21.8 Å². The summed E-state index contributed by atoms with van der Waals surface area (Å²) < 4.78 is 1.49. The van der Waals surface area contributed by atoms with Gasteiger partial charge in [0.2, 0.25) is 5.78 Å². The van der Waals surface area contributed by atoms with Gasteiger partial charge in [0.15, 0.2) is 5.82 Å². The molecule has 2 aromatic carbocycles. The average molecular weight is 360 g/mol. The Kier molecular flexibility index (Phi) is 3.45. The molecule has 6 heteroatoms. The molecule has 2 aliphatic heterocycles. The third-order valence-corrected chi connectivity index (χ3v) is 5.62. The summed E-state index contributed by atoms with van der Waals surface area (Å²) in [7, 11) is 2.11. The second kappa shape index (κ2) is 5.76. The van der Waals surface area contributed by atoms with Crippen molar-refractivity contribution in [3.8, 4) is 5.69 Å². The number of fused-ring (bicyclic) bond motifs is 4. The summed E-state index contributed by atoms with van der Waals surface area (Å²) in [5.41, 5.74) is 3.64. The summed E-state index contributed by atoms with van der Waals surface area (Å²) in [4.78, 5) is 35.5. The maximum atomic E-state index is 13.3. The van der Waals surface area contributed by atoms with E-state index >= 15 is 0 Å². The number of benzene rings is 2. The van der Waals surface area contributed by atoms with Crippen LogP contribution in [-0.4, -0.2) is 53.5 Å². The van der Waals surface area contributed by atoms with Crippen LogP contribution in [0, 0.1) is 6.92 Å². The molecule has 3 heterocycles. The maximum Gasteiger partial charge on any atom is 0.266 e. The van der Waals surface area contributed by atoms with Crippen LogP contribution >= 0.6 is 0 Å². The van der Waals surface area contributed by atoms with Crippen molar-refractivity contribution >= 4 is 22.4 Å². The molecule has 5 rings (SSSR count). The lowest BCUT2D eigenvalue weighted by atomic mass is 10.0. The molecule has 0 N–H and O–H groups in total. The first-order chi connectivity index (χ1) is 13.1. The quantitative estimate of drug-likeness (QED) is 0.520. The highest BCUT2D eigenvalue weighted by atomic mass is 16.1. The van der Waals surface area contributed by atoms with Crippen LogP contribution in [0.3, 0.4) is 0 Å². The Morgan fingerprint density at radius 3 is 2.48 bits per heavy atom. The molecule has 0 bridgehead atoms. The summed E-state index contributed by atoms with van der Waals surface area (Å²) >= 11 is 0. The van der Waals surface area contributed by atoms with Crippen molar-refractivity contribution in [3.05, 3.63) is 63.7 Å². The van der Waals surface area contributed by atoms with Gasteiger partial charge in [0.1, 0.15) is 0 Å². The third-order valence-electron chi connectivity index (χ3n) is 5.62. The van der Waals surface area contributed by atoms with Crippen molar-refractivity contribution in [1.29, 1.82) is 0 Å². The van der Waals surface area contributed by atoms with Crippen molar-refractivity contribution in [2.75, 3.05) is 38.1 Å². The number of hydrogen-bond acceptors (Lipinski definition) is 5. The van der Waals surface area contributed by atoms with Crippen molar-refractivity contribution in [3.63, 3.8) is 0 Å². The molecule has 0 aliphatic carbocycles. The van der Waals surface area contributed by atoms with E-state index in [-0.39, 0.29) is 17.2 Å². The Hall–Kier alpha value is -2.99. The fourth-order valence-electron chi connectivity index (χ4n) is 4.15. The van der Waals surface area contributed by atoms with Gasteiger partial charge >= 0.3 is 0 Å². The topological polar surface area (TPSA) is 58.4 Å². The molecular weight excluding hydrogens is 340 g/mol. The van der Waals surface area contributed by atoms with Crippen molar-refractivity contribution in [1.82, 2.24) is 14.5 Å². The van der Waals surface area contributed by atoms with Gasteiger partial charge in [-0.1, -0.05) is 18.2 Å². The van der Waals surface area contributed by atoms with E-state index < -0.39 is 0 Å². The predicted molar refractivity (Wildman–Crippen MR) is 105 cm³/mol. The van der Waals surface area contributed by atoms with Crippen LogP contribution in [0.1, 0.15) is 21.7 Å². The van der Waals surface area contributed by atoms with Crippen molar-refractivity contribution in [2.45, 2.75) is 6.92 Å². The monoisotopic (exact) mass is 360 g/mol. The minimum Gasteiger partial charge on any atom is -0.368 e. The van der Waals surface area contributed by atoms with Crippen LogP contribution in [0.5, 0.6) is 0 Å². The maximum absolute atomic E-state index is 13.3. The molecular formula is C21H20N4O2. The number of piperazine rings is 1. The summed E-state index contributed by atoms with van der Waals surface area (Å²) in [6.07, 6.45) is 0. The molecule has 1 saturated heterocycles. The van der Waals surface area contributed by atoms with Gasteiger partial charge in [-0.15, -0.1) is 0 Å². The molecule has 136 valence electrons. The van der Waals surface area contributed by atoms with Gasteiger partial charge in [-0.3, -0.25) is 14.2 Å². The van der Waals surface area contributed by atoms with Crippen LogP contribution in [0.25, 0.3) is 16.6 Å². The van der Waals surface area contributed by atoms with E-state index in [0.717, 1.165) is 37.4 Å². The van der Waals surface area contributed by atoms with Gasteiger partial charge in [-0.25, -0.2) is 4.98 Å². The molecule has 6 nitrogen and oxygen atoms in total. The van der Waals surface area contributed by atoms with E-state index in [4.69, 9.17) is 0 Å². The Morgan fingerprint density at radius 1 is 0.963 bits per heavy atom. The third kappa shape index (κ3) is 2.26. The Bertz CT molecular complexity index is 1160. The molecule has 0 amide bonds. The molecule has 1 fully saturated rings. The average Bonchev–Trinajstić information content (AvgIpc) is 2.96. The minimum absolute atomic E-state index is 0.162. The van der Waals surface area contributed by atoms with E-state index in [9.17, 15) is 9.59 Å². The SMILES string of the molecule is Cc1ccc2c(c1N1CCN(C)CC1)C(=O)c1nc3ccccc3c(=O)n1-2. The van der Waals surface area contributed by atoms with Crippen LogP contribution in [0.2, 0.25) is 0 Å². The fraction of sp³-hybridized carbons (Fsp3) is 0.286. The van der Waals surface area contributed by atoms with Crippen LogP contribution in [-0.2, 0) is 0 Å². The summed E-state index contributed by atoms with van der Waals surface area (Å²) in [5.74, 6) is 0.0557. The number of ketones is 1. The lowest BCUT2D eigenvalue weighted by Gasteiger charge is -2.35. The zero-order valence-electron chi connectivity index (χ0n) is 15.4. The highest BCUT2D eigenvalue weighted by molar-refractivity contribution is 6.17. The number of rotatable bonds is 1. The smallest absolute Gasteiger partial charge is 0.266 e. The van der Waals surface area contributed by atoms with Gasteiger partial charge in [0.05, 0.1) is 27.8 Å². The van der Waals surface area contributed by atoms with Crippen LogP contribution in [0.15, 0.2) is 41.2 Å². The fourth-order valence-corrected chi connectivity index (χ4v) is 4.15. The highest BCUT2D eigenvalue weighted by Gasteiger charge is 2.35. The van der Waals surface area contributed by atoms with E-state index in [0.29, 0.717) is 22.2 Å². The number of likely N-dealkylation sites (N-methyl/N-ethyl adjacent to an activating group) is 1. The molecule has 0 spiro atoms. The lowest BCUT2D eigenvalue weighted by Crippen LogP contribution is -2.45. The van der Waals surface area contributed by atoms with E-state index in [1.54, 1.807) is 12.1 Å². The number of aryl methyl sites for hydroxylation is 1. The van der Waals surface area contributed by atoms with Crippen LogP contribution < -0.4 is 10.5 Å². The van der Waals surface area contributed by atoms with E-state index in [1.165, 1.54) is 4.57 Å². The Balaban J connectivity index is 1.76. The number of hydrogen-bond donors (Lipinski definition) is 0. The second-order valence-electron chi connectivity index (χ2n) is 7.34. The summed E-state index contributed by atoms with van der Waals surface area (Å²) in [5, 5.41) is 0.531. The molecule has 0 unspecified atom stereocenters. The summed E-state index contributed by atoms with van der Waals surface area (Å²) in [6, 6.07) is 11.1. The van der Waals surface area contributed by atoms with Crippen molar-refractivity contribution in [2.24, 2.45) is 0 Å². The molecule has 27 heavy (non-hydrogen) atoms. The normalized spacial score (nSPS) is 16.7. The largest absolute Gasteiger partial charge is 0.368 e. The first-order valence-electron chi connectivity index (χ1n) is 9.20. The van der Waals surface area contributed by atoms with Gasteiger partial charge < -0.3 is 9.80 Å². The molecule has 3 aromatic rings. The second-order valence-corrected chi connectivity index (χ2v) is 7.34. The van der Waals surface area contributed by atoms with Gasteiger partial charge in [0.25, 0.3) is 5.56 Å². The van der Waals surface area contributed by atoms with Crippen molar-refractivity contribution < 1.29 is 4.79 Å². The first kappa shape index (κ1) is 16.2. The zero-order chi connectivity index (χ0) is 18.7.